The molecule has 0 aliphatic carbocycles. The van der Waals surface area contributed by atoms with Crippen LogP contribution in [0.15, 0.2) is 12.1 Å². The quantitative estimate of drug-likeness (QED) is 0.787. The molecule has 0 bridgehead atoms. The van der Waals surface area contributed by atoms with Crippen LogP contribution in [-0.2, 0) is 6.42 Å². The van der Waals surface area contributed by atoms with Crippen molar-refractivity contribution in [1.82, 2.24) is 9.78 Å². The van der Waals surface area contributed by atoms with Gasteiger partial charge in [0, 0.05) is 10.7 Å². The third-order valence-electron chi connectivity index (χ3n) is 4.06. The zero-order chi connectivity index (χ0) is 18.0. The molecule has 2 rings (SSSR count). The minimum absolute atomic E-state index is 0.0520. The van der Waals surface area contributed by atoms with Crippen LogP contribution in [0.5, 0.6) is 5.75 Å². The predicted molar refractivity (Wildman–Crippen MR) is 97.3 cm³/mol. The Hall–Kier alpha value is -1.81. The first-order valence-corrected chi connectivity index (χ1v) is 8.56. The molecule has 5 heteroatoms. The summed E-state index contributed by atoms with van der Waals surface area (Å²) in [4.78, 5) is 12.5. The standard InChI is InChI=1S/C19H25ClN2O2/c1-11(2)7-17-14(5)21-22(15(17)6)18(23)10-24-16-8-12(3)19(20)13(4)9-16/h8-9,11H,7,10H2,1-6H3. The van der Waals surface area contributed by atoms with Crippen molar-refractivity contribution >= 4 is 17.5 Å². The van der Waals surface area contributed by atoms with E-state index in [1.165, 1.54) is 4.68 Å². The molecule has 24 heavy (non-hydrogen) atoms. The zero-order valence-corrected chi connectivity index (χ0v) is 16.0. The summed E-state index contributed by atoms with van der Waals surface area (Å²) in [7, 11) is 0. The van der Waals surface area contributed by atoms with E-state index in [1.807, 2.05) is 39.8 Å². The van der Waals surface area contributed by atoms with Gasteiger partial charge in [-0.1, -0.05) is 25.4 Å². The summed E-state index contributed by atoms with van der Waals surface area (Å²) in [5.41, 5.74) is 4.83. The molecule has 0 aliphatic heterocycles. The summed E-state index contributed by atoms with van der Waals surface area (Å²) >= 11 is 6.15. The van der Waals surface area contributed by atoms with E-state index in [0.29, 0.717) is 11.7 Å². The number of benzene rings is 1. The number of halogens is 1. The number of aryl methyl sites for hydroxylation is 3. The van der Waals surface area contributed by atoms with E-state index in [0.717, 1.165) is 39.5 Å². The van der Waals surface area contributed by atoms with Gasteiger partial charge in [-0.05, 0) is 68.9 Å². The molecule has 2 aromatic rings. The second-order valence-corrected chi connectivity index (χ2v) is 7.09. The summed E-state index contributed by atoms with van der Waals surface area (Å²) < 4.78 is 7.12. The summed E-state index contributed by atoms with van der Waals surface area (Å²) in [6.07, 6.45) is 0.918. The third kappa shape index (κ3) is 3.99. The topological polar surface area (TPSA) is 44.1 Å². The van der Waals surface area contributed by atoms with E-state index in [4.69, 9.17) is 16.3 Å². The van der Waals surface area contributed by atoms with Gasteiger partial charge in [0.1, 0.15) is 5.75 Å². The maximum atomic E-state index is 12.5. The zero-order valence-electron chi connectivity index (χ0n) is 15.2. The summed E-state index contributed by atoms with van der Waals surface area (Å²) in [6, 6.07) is 3.68. The number of nitrogens with zero attached hydrogens (tertiary/aromatic N) is 2. The van der Waals surface area contributed by atoms with Gasteiger partial charge in [-0.25, -0.2) is 4.68 Å². The number of carbonyl (C=O) groups is 1. The van der Waals surface area contributed by atoms with Crippen molar-refractivity contribution in [3.63, 3.8) is 0 Å². The fraction of sp³-hybridized carbons (Fsp3) is 0.474. The summed E-state index contributed by atoms with van der Waals surface area (Å²) in [5.74, 6) is 0.994. The molecule has 0 amide bonds. The van der Waals surface area contributed by atoms with Crippen LogP contribution in [0.2, 0.25) is 5.02 Å². The average molecular weight is 349 g/mol. The lowest BCUT2D eigenvalue weighted by atomic mass is 10.0. The maximum absolute atomic E-state index is 12.5. The van der Waals surface area contributed by atoms with Gasteiger partial charge >= 0.3 is 0 Å². The Morgan fingerprint density at radius 2 is 1.79 bits per heavy atom. The summed E-state index contributed by atoms with van der Waals surface area (Å²) in [6.45, 7) is 12.0. The maximum Gasteiger partial charge on any atom is 0.284 e. The number of carbonyl (C=O) groups excluding carboxylic acids is 1. The van der Waals surface area contributed by atoms with Gasteiger partial charge in [-0.15, -0.1) is 0 Å². The lowest BCUT2D eigenvalue weighted by molar-refractivity contribution is 0.0818. The van der Waals surface area contributed by atoms with Gasteiger partial charge in [0.25, 0.3) is 5.91 Å². The van der Waals surface area contributed by atoms with E-state index < -0.39 is 0 Å². The van der Waals surface area contributed by atoms with Crippen LogP contribution in [0.25, 0.3) is 0 Å². The first kappa shape index (κ1) is 18.5. The molecule has 0 atom stereocenters. The Morgan fingerprint density at radius 1 is 1.21 bits per heavy atom. The van der Waals surface area contributed by atoms with E-state index in [2.05, 4.69) is 18.9 Å². The highest BCUT2D eigenvalue weighted by atomic mass is 35.5. The molecule has 0 saturated heterocycles. The molecule has 0 radical (unpaired) electrons. The molecule has 0 N–H and O–H groups in total. The van der Waals surface area contributed by atoms with Crippen molar-refractivity contribution in [3.8, 4) is 5.75 Å². The van der Waals surface area contributed by atoms with Crippen LogP contribution >= 0.6 is 11.6 Å². The minimum atomic E-state index is -0.170. The van der Waals surface area contributed by atoms with Gasteiger partial charge < -0.3 is 4.74 Å². The largest absolute Gasteiger partial charge is 0.484 e. The first-order valence-electron chi connectivity index (χ1n) is 8.18. The monoisotopic (exact) mass is 348 g/mol. The average Bonchev–Trinajstić information content (AvgIpc) is 2.77. The Balaban J connectivity index is 2.13. The van der Waals surface area contributed by atoms with Crippen molar-refractivity contribution in [2.45, 2.75) is 48.0 Å². The lowest BCUT2D eigenvalue weighted by Crippen LogP contribution is -2.22. The van der Waals surface area contributed by atoms with Gasteiger partial charge in [-0.2, -0.15) is 5.10 Å². The molecule has 4 nitrogen and oxygen atoms in total. The van der Waals surface area contributed by atoms with Crippen LogP contribution in [0.1, 0.15) is 46.7 Å². The van der Waals surface area contributed by atoms with E-state index in [9.17, 15) is 4.79 Å². The summed E-state index contributed by atoms with van der Waals surface area (Å²) in [5, 5.41) is 5.12. The highest BCUT2D eigenvalue weighted by Crippen LogP contribution is 2.26. The molecule has 1 heterocycles. The third-order valence-corrected chi connectivity index (χ3v) is 4.66. The Kier molecular flexibility index (Phi) is 5.70. The smallest absolute Gasteiger partial charge is 0.284 e. The number of rotatable bonds is 5. The molecule has 0 saturated carbocycles. The second-order valence-electron chi connectivity index (χ2n) is 6.71. The van der Waals surface area contributed by atoms with Crippen molar-refractivity contribution in [2.75, 3.05) is 6.61 Å². The predicted octanol–water partition coefficient (Wildman–Crippen LogP) is 4.69. The van der Waals surface area contributed by atoms with Gasteiger partial charge in [0.2, 0.25) is 0 Å². The van der Waals surface area contributed by atoms with Crippen LogP contribution in [0.4, 0.5) is 0 Å². The van der Waals surface area contributed by atoms with E-state index in [1.54, 1.807) is 0 Å². The van der Waals surface area contributed by atoms with E-state index in [-0.39, 0.29) is 12.5 Å². The number of aromatic nitrogens is 2. The molecular weight excluding hydrogens is 324 g/mol. The van der Waals surface area contributed by atoms with Crippen LogP contribution in [-0.4, -0.2) is 22.3 Å². The number of hydrogen-bond acceptors (Lipinski definition) is 3. The molecule has 0 spiro atoms. The van der Waals surface area contributed by atoms with Crippen molar-refractivity contribution in [2.24, 2.45) is 5.92 Å². The highest BCUT2D eigenvalue weighted by molar-refractivity contribution is 6.32. The van der Waals surface area contributed by atoms with E-state index >= 15 is 0 Å². The second kappa shape index (κ2) is 7.39. The van der Waals surface area contributed by atoms with Crippen molar-refractivity contribution in [1.29, 1.82) is 0 Å². The van der Waals surface area contributed by atoms with Gasteiger partial charge in [-0.3, -0.25) is 4.79 Å². The molecule has 130 valence electrons. The molecule has 0 unspecified atom stereocenters. The molecular formula is C19H25ClN2O2. The van der Waals surface area contributed by atoms with Crippen LogP contribution < -0.4 is 4.74 Å². The van der Waals surface area contributed by atoms with Crippen LogP contribution in [0.3, 0.4) is 0 Å². The molecule has 1 aromatic heterocycles. The van der Waals surface area contributed by atoms with Gasteiger partial charge in [0.05, 0.1) is 5.69 Å². The Labute approximate surface area is 148 Å². The minimum Gasteiger partial charge on any atom is -0.484 e. The fourth-order valence-electron chi connectivity index (χ4n) is 2.82. The fourth-order valence-corrected chi connectivity index (χ4v) is 2.93. The first-order chi connectivity index (χ1) is 11.2. The molecule has 1 aromatic carbocycles. The van der Waals surface area contributed by atoms with Crippen LogP contribution in [0, 0.1) is 33.6 Å². The number of hydrogen-bond donors (Lipinski definition) is 0. The highest BCUT2D eigenvalue weighted by Gasteiger charge is 2.18. The SMILES string of the molecule is Cc1cc(OCC(=O)n2nc(C)c(CC(C)C)c2C)cc(C)c1Cl. The molecule has 0 fully saturated rings. The number of ether oxygens (including phenoxy) is 1. The normalized spacial score (nSPS) is 11.2. The Bertz CT molecular complexity index is 740. The molecule has 0 aliphatic rings. The van der Waals surface area contributed by atoms with Crippen molar-refractivity contribution < 1.29 is 9.53 Å². The lowest BCUT2D eigenvalue weighted by Gasteiger charge is -2.10. The Morgan fingerprint density at radius 3 is 2.33 bits per heavy atom. The van der Waals surface area contributed by atoms with Crippen molar-refractivity contribution in [3.05, 3.63) is 45.2 Å². The van der Waals surface area contributed by atoms with Gasteiger partial charge in [0.15, 0.2) is 6.61 Å².